The van der Waals surface area contributed by atoms with Crippen LogP contribution in [-0.4, -0.2) is 55.7 Å². The number of fused-ring (bicyclic) bond motifs is 1. The molecule has 0 bridgehead atoms. The van der Waals surface area contributed by atoms with Crippen LogP contribution in [0.2, 0.25) is 5.82 Å². The van der Waals surface area contributed by atoms with Crippen molar-refractivity contribution in [2.24, 2.45) is 5.92 Å². The Hall–Kier alpha value is -1.57. The predicted molar refractivity (Wildman–Crippen MR) is 62.3 cm³/mol. The maximum Gasteiger partial charge on any atom is 0.587 e. The van der Waals surface area contributed by atoms with Crippen LogP contribution in [0.15, 0.2) is 0 Å². The number of carbonyl (C=O) groups excluding carboxylic acids is 3. The highest BCUT2D eigenvalue weighted by Gasteiger charge is 2.75. The van der Waals surface area contributed by atoms with Crippen molar-refractivity contribution in [3.63, 3.8) is 0 Å². The molecule has 2 saturated heterocycles. The molecule has 8 heteroatoms. The zero-order chi connectivity index (χ0) is 13.8. The average Bonchev–Trinajstić information content (AvgIpc) is 2.97. The first kappa shape index (κ1) is 12.5. The summed E-state index contributed by atoms with van der Waals surface area (Å²) >= 11 is 0. The molecule has 0 amide bonds. The second-order valence-electron chi connectivity index (χ2n) is 5.76. The molecule has 0 aromatic carbocycles. The fourth-order valence-corrected chi connectivity index (χ4v) is 3.47. The molecular weight excluding hydrogens is 253 g/mol. The molecular formula is C11H16BNO6. The van der Waals surface area contributed by atoms with Gasteiger partial charge < -0.3 is 18.4 Å². The highest BCUT2D eigenvalue weighted by atomic mass is 16.7. The van der Waals surface area contributed by atoms with Crippen molar-refractivity contribution in [3.05, 3.63) is 0 Å². The van der Waals surface area contributed by atoms with Crippen LogP contribution in [0.3, 0.4) is 0 Å². The SMILES string of the molecule is CCOC(=O)[C@H]1CC1[B-]12OC(=O)C[N+]1(C)CC(=O)O2. The predicted octanol–water partition coefficient (Wildman–Crippen LogP) is -0.561. The van der Waals surface area contributed by atoms with Crippen molar-refractivity contribution < 1.29 is 32.8 Å². The summed E-state index contributed by atoms with van der Waals surface area (Å²) in [5, 5.41) is 0. The number of carbonyl (C=O) groups is 3. The number of quaternary nitrogens is 1. The van der Waals surface area contributed by atoms with Gasteiger partial charge in [0.2, 0.25) is 0 Å². The molecule has 2 aliphatic heterocycles. The lowest BCUT2D eigenvalue weighted by Crippen LogP contribution is -2.60. The second kappa shape index (κ2) is 3.72. The van der Waals surface area contributed by atoms with Crippen LogP contribution in [0.25, 0.3) is 0 Å². The van der Waals surface area contributed by atoms with E-state index in [1.807, 2.05) is 0 Å². The average molecular weight is 269 g/mol. The Morgan fingerprint density at radius 2 is 1.95 bits per heavy atom. The highest BCUT2D eigenvalue weighted by molar-refractivity contribution is 6.68. The lowest BCUT2D eigenvalue weighted by Gasteiger charge is -2.40. The molecule has 1 unspecified atom stereocenters. The summed E-state index contributed by atoms with van der Waals surface area (Å²) < 4.78 is 15.9. The van der Waals surface area contributed by atoms with E-state index in [0.29, 0.717) is 13.0 Å². The number of ether oxygens (including phenoxy) is 1. The van der Waals surface area contributed by atoms with Crippen molar-refractivity contribution in [1.29, 1.82) is 0 Å². The maximum absolute atomic E-state index is 11.7. The number of hydrogen-bond acceptors (Lipinski definition) is 6. The van der Waals surface area contributed by atoms with Gasteiger partial charge in [-0.1, -0.05) is 6.42 Å². The molecule has 104 valence electrons. The van der Waals surface area contributed by atoms with Gasteiger partial charge in [-0.2, -0.15) is 0 Å². The van der Waals surface area contributed by atoms with E-state index in [1.54, 1.807) is 14.0 Å². The minimum absolute atomic E-state index is 0.123. The molecule has 3 aliphatic rings. The van der Waals surface area contributed by atoms with E-state index < -0.39 is 6.69 Å². The molecule has 0 spiro atoms. The number of esters is 1. The molecule has 0 aromatic heterocycles. The summed E-state index contributed by atoms with van der Waals surface area (Å²) in [5.41, 5.74) is 0. The Kier molecular flexibility index (Phi) is 2.44. The topological polar surface area (TPSA) is 78.9 Å². The molecule has 1 saturated carbocycles. The largest absolute Gasteiger partial charge is 0.600 e. The van der Waals surface area contributed by atoms with Gasteiger partial charge in [0.25, 0.3) is 0 Å². The zero-order valence-corrected chi connectivity index (χ0v) is 11.0. The minimum atomic E-state index is -2.09. The van der Waals surface area contributed by atoms with Gasteiger partial charge in [0, 0.05) is 13.0 Å². The van der Waals surface area contributed by atoms with Crippen LogP contribution in [0.1, 0.15) is 13.3 Å². The van der Waals surface area contributed by atoms with Crippen molar-refractivity contribution in [1.82, 2.24) is 0 Å². The van der Waals surface area contributed by atoms with Gasteiger partial charge in [0.15, 0.2) is 0 Å². The zero-order valence-electron chi connectivity index (χ0n) is 11.0. The smallest absolute Gasteiger partial charge is 0.587 e. The van der Waals surface area contributed by atoms with Gasteiger partial charge in [-0.25, -0.2) is 0 Å². The first-order valence-corrected chi connectivity index (χ1v) is 6.51. The molecule has 7 nitrogen and oxygen atoms in total. The second-order valence-corrected chi connectivity index (χ2v) is 5.76. The minimum Gasteiger partial charge on any atom is -0.600 e. The molecule has 3 fully saturated rings. The van der Waals surface area contributed by atoms with Gasteiger partial charge in [-0.05, 0) is 12.7 Å². The summed E-state index contributed by atoms with van der Waals surface area (Å²) in [7, 11) is 1.77. The Balaban J connectivity index is 1.85. The van der Waals surface area contributed by atoms with Crippen LogP contribution in [0.4, 0.5) is 0 Å². The van der Waals surface area contributed by atoms with E-state index >= 15 is 0 Å². The first-order valence-electron chi connectivity index (χ1n) is 6.51. The number of hydrogen-bond donors (Lipinski definition) is 0. The van der Waals surface area contributed by atoms with E-state index in [2.05, 4.69) is 0 Å². The van der Waals surface area contributed by atoms with Crippen molar-refractivity contribution in [2.45, 2.75) is 19.2 Å². The van der Waals surface area contributed by atoms with E-state index in [9.17, 15) is 14.4 Å². The van der Waals surface area contributed by atoms with Crippen LogP contribution >= 0.6 is 0 Å². The monoisotopic (exact) mass is 269 g/mol. The Bertz CT molecular complexity index is 458. The van der Waals surface area contributed by atoms with Crippen molar-refractivity contribution in [2.75, 3.05) is 26.7 Å². The fraction of sp³-hybridized carbons (Fsp3) is 0.727. The Morgan fingerprint density at radius 3 is 2.47 bits per heavy atom. The van der Waals surface area contributed by atoms with Crippen LogP contribution in [0.5, 0.6) is 0 Å². The lowest BCUT2D eigenvalue weighted by atomic mass is 9.61. The van der Waals surface area contributed by atoms with E-state index in [-0.39, 0.29) is 47.1 Å². The fourth-order valence-electron chi connectivity index (χ4n) is 3.47. The van der Waals surface area contributed by atoms with E-state index in [4.69, 9.17) is 14.0 Å². The molecule has 19 heavy (non-hydrogen) atoms. The Morgan fingerprint density at radius 1 is 1.37 bits per heavy atom. The molecule has 2 heterocycles. The lowest BCUT2D eigenvalue weighted by molar-refractivity contribution is -0.794. The highest BCUT2D eigenvalue weighted by Crippen LogP contribution is 2.58. The van der Waals surface area contributed by atoms with Crippen LogP contribution in [-0.2, 0) is 28.4 Å². The van der Waals surface area contributed by atoms with E-state index in [1.165, 1.54) is 0 Å². The summed E-state index contributed by atoms with van der Waals surface area (Å²) in [5.74, 6) is -1.61. The van der Waals surface area contributed by atoms with Gasteiger partial charge in [-0.15, -0.1) is 0 Å². The van der Waals surface area contributed by atoms with E-state index in [0.717, 1.165) is 0 Å². The normalized spacial score (nSPS) is 43.5. The summed E-state index contributed by atoms with van der Waals surface area (Å²) in [6.07, 6.45) is 0.549. The standard InChI is InChI=1S/C11H16BNO6/c1-3-17-11(16)7-4-8(7)12-13(2,5-9(14)18-12)6-10(15)19-12/h7-8H,3-6H2,1-2H3/t7-,8?,12?,13?/m0/s1. The summed E-state index contributed by atoms with van der Waals surface area (Å²) in [6.45, 7) is 0.212. The molecule has 0 N–H and O–H groups in total. The number of rotatable bonds is 3. The molecule has 3 rings (SSSR count). The third-order valence-electron chi connectivity index (χ3n) is 4.42. The van der Waals surface area contributed by atoms with Gasteiger partial charge in [-0.3, -0.25) is 14.4 Å². The van der Waals surface area contributed by atoms with Crippen LogP contribution in [0, 0.1) is 5.92 Å². The first-order chi connectivity index (χ1) is 8.92. The number of likely N-dealkylation sites (N-methyl/N-ethyl adjacent to an activating group) is 1. The summed E-state index contributed by atoms with van der Waals surface area (Å²) in [6, 6.07) is 0. The van der Waals surface area contributed by atoms with Gasteiger partial charge in [0.05, 0.1) is 6.61 Å². The molecule has 2 atom stereocenters. The molecule has 1 aliphatic carbocycles. The maximum atomic E-state index is 11.7. The quantitative estimate of drug-likeness (QED) is 0.504. The van der Waals surface area contributed by atoms with Crippen molar-refractivity contribution in [3.8, 4) is 0 Å². The molecule has 0 radical (unpaired) electrons. The third kappa shape index (κ3) is 1.59. The van der Waals surface area contributed by atoms with Gasteiger partial charge in [0.1, 0.15) is 13.1 Å². The Labute approximate surface area is 110 Å². The van der Waals surface area contributed by atoms with Crippen LogP contribution < -0.4 is 0 Å². The number of nitrogens with zero attached hydrogens (tertiary/aromatic N) is 1. The summed E-state index contributed by atoms with van der Waals surface area (Å²) in [4.78, 5) is 34.9. The van der Waals surface area contributed by atoms with Crippen molar-refractivity contribution >= 4 is 24.6 Å². The molecule has 0 aromatic rings. The third-order valence-corrected chi connectivity index (χ3v) is 4.42. The van der Waals surface area contributed by atoms with Gasteiger partial charge >= 0.3 is 24.6 Å².